The minimum Gasteiger partial charge on any atom is -0.391 e. The summed E-state index contributed by atoms with van der Waals surface area (Å²) in [4.78, 5) is 40.7. The average Bonchev–Trinajstić information content (AvgIpc) is 3.06. The smallest absolute Gasteiger partial charge is 0.245 e. The van der Waals surface area contributed by atoms with Gasteiger partial charge in [0.25, 0.3) is 0 Å². The van der Waals surface area contributed by atoms with Crippen molar-refractivity contribution in [2.45, 2.75) is 37.6 Å². The lowest BCUT2D eigenvalue weighted by atomic mass is 10.0. The summed E-state index contributed by atoms with van der Waals surface area (Å²) in [6, 6.07) is 4.69. The van der Waals surface area contributed by atoms with Crippen LogP contribution in [0, 0.1) is 0 Å². The Labute approximate surface area is 161 Å². The number of thiol groups is 1. The number of carbonyl (C=O) groups is 3. The number of para-hydroxylation sites is 1. The molecule has 0 unspecified atom stereocenters. The van der Waals surface area contributed by atoms with Crippen LogP contribution in [0.5, 0.6) is 0 Å². The number of aromatic amines is 1. The molecule has 9 heteroatoms. The van der Waals surface area contributed by atoms with Gasteiger partial charge in [-0.15, -0.1) is 0 Å². The minimum atomic E-state index is -1.15. The third-order valence-electron chi connectivity index (χ3n) is 4.61. The zero-order valence-electron chi connectivity index (χ0n) is 14.7. The number of aliphatic hydroxyl groups is 1. The Bertz CT molecular complexity index is 866. The van der Waals surface area contributed by atoms with Crippen LogP contribution in [0.15, 0.2) is 30.5 Å². The second kappa shape index (κ2) is 8.01. The zero-order chi connectivity index (χ0) is 19.6. The van der Waals surface area contributed by atoms with Crippen LogP contribution in [0.3, 0.4) is 0 Å². The number of rotatable bonds is 4. The summed E-state index contributed by atoms with van der Waals surface area (Å²) in [6.45, 7) is 1.40. The number of carbonyl (C=O) groups excluding carboxylic acids is 3. The first kappa shape index (κ1) is 19.2. The average molecular weight is 390 g/mol. The van der Waals surface area contributed by atoms with Crippen molar-refractivity contribution < 1.29 is 19.5 Å². The maximum Gasteiger partial charge on any atom is 0.245 e. The number of benzene rings is 1. The molecule has 0 aliphatic carbocycles. The normalized spacial score (nSPS) is 25.0. The highest BCUT2D eigenvalue weighted by Gasteiger charge is 2.35. The predicted molar refractivity (Wildman–Crippen MR) is 103 cm³/mol. The maximum atomic E-state index is 12.7. The molecule has 0 bridgehead atoms. The molecule has 0 spiro atoms. The van der Waals surface area contributed by atoms with Crippen LogP contribution in [0.1, 0.15) is 12.5 Å². The lowest BCUT2D eigenvalue weighted by molar-refractivity contribution is -0.132. The molecule has 5 N–H and O–H groups in total. The fourth-order valence-corrected chi connectivity index (χ4v) is 3.37. The van der Waals surface area contributed by atoms with Crippen molar-refractivity contribution in [3.63, 3.8) is 0 Å². The molecule has 1 fully saturated rings. The molecule has 0 saturated carbocycles. The second-order valence-corrected chi connectivity index (χ2v) is 6.96. The Kier molecular flexibility index (Phi) is 5.71. The van der Waals surface area contributed by atoms with E-state index in [9.17, 15) is 19.5 Å². The number of H-pyrrole nitrogens is 1. The lowest BCUT2D eigenvalue weighted by Crippen LogP contribution is -2.55. The van der Waals surface area contributed by atoms with Crippen LogP contribution in [0.2, 0.25) is 0 Å². The second-order valence-electron chi connectivity index (χ2n) is 6.60. The van der Waals surface area contributed by atoms with Crippen molar-refractivity contribution in [2.75, 3.05) is 5.75 Å². The summed E-state index contributed by atoms with van der Waals surface area (Å²) in [7, 11) is 0. The van der Waals surface area contributed by atoms with Crippen molar-refractivity contribution in [3.8, 4) is 0 Å². The molecule has 3 amide bonds. The molecule has 1 aromatic heterocycles. The molecule has 8 nitrogen and oxygen atoms in total. The Morgan fingerprint density at radius 2 is 1.70 bits per heavy atom. The van der Waals surface area contributed by atoms with E-state index in [2.05, 4.69) is 33.6 Å². The van der Waals surface area contributed by atoms with Crippen molar-refractivity contribution in [1.82, 2.24) is 20.9 Å². The molecule has 0 radical (unpaired) electrons. The van der Waals surface area contributed by atoms with E-state index in [0.717, 1.165) is 16.5 Å². The van der Waals surface area contributed by atoms with Gasteiger partial charge in [-0.05, 0) is 18.6 Å². The quantitative estimate of drug-likeness (QED) is 0.394. The van der Waals surface area contributed by atoms with Gasteiger partial charge in [-0.1, -0.05) is 18.2 Å². The Hall–Kier alpha value is -2.52. The molecule has 27 heavy (non-hydrogen) atoms. The van der Waals surface area contributed by atoms with Crippen LogP contribution in [-0.4, -0.2) is 57.8 Å². The van der Waals surface area contributed by atoms with Gasteiger partial charge >= 0.3 is 0 Å². The largest absolute Gasteiger partial charge is 0.391 e. The van der Waals surface area contributed by atoms with Gasteiger partial charge in [-0.25, -0.2) is 0 Å². The third-order valence-corrected chi connectivity index (χ3v) is 4.98. The first-order valence-corrected chi connectivity index (χ1v) is 9.29. The van der Waals surface area contributed by atoms with Crippen LogP contribution in [0.4, 0.5) is 0 Å². The first-order chi connectivity index (χ1) is 12.9. The van der Waals surface area contributed by atoms with Crippen molar-refractivity contribution in [3.05, 3.63) is 36.0 Å². The summed E-state index contributed by atoms with van der Waals surface area (Å²) in [5.41, 5.74) is 1.79. The topological polar surface area (TPSA) is 123 Å². The lowest BCUT2D eigenvalue weighted by Gasteiger charge is -2.22. The van der Waals surface area contributed by atoms with E-state index < -0.39 is 42.0 Å². The Morgan fingerprint density at radius 3 is 2.41 bits per heavy atom. The molecule has 1 aliphatic heterocycles. The first-order valence-electron chi connectivity index (χ1n) is 8.65. The molecule has 1 aromatic carbocycles. The summed E-state index contributed by atoms with van der Waals surface area (Å²) >= 11 is 4.10. The summed E-state index contributed by atoms with van der Waals surface area (Å²) < 4.78 is 0. The standard InChI is InChI=1S/C18H22N4O4S/c1-9(23)15-18(26)21-14(8-27)17(25)20-13(16(24)22-15)6-10-7-19-12-5-3-2-4-11(10)12/h2-5,7,9,13-15,19,23,27H,6,8H2,1H3,(H,20,25)(H,21,26)(H,22,24)/t9-,13+,14+,15+/m1/s1. The van der Waals surface area contributed by atoms with Gasteiger partial charge in [0.15, 0.2) is 0 Å². The predicted octanol–water partition coefficient (Wildman–Crippen LogP) is -0.511. The molecule has 2 aromatic rings. The number of fused-ring (bicyclic) bond motifs is 1. The van der Waals surface area contributed by atoms with E-state index in [1.165, 1.54) is 6.92 Å². The fraction of sp³-hybridized carbons (Fsp3) is 0.389. The minimum absolute atomic E-state index is 0.0676. The van der Waals surface area contributed by atoms with Crippen LogP contribution >= 0.6 is 12.6 Å². The highest BCUT2D eigenvalue weighted by Crippen LogP contribution is 2.19. The van der Waals surface area contributed by atoms with Crippen molar-refractivity contribution >= 4 is 41.3 Å². The van der Waals surface area contributed by atoms with E-state index in [4.69, 9.17) is 0 Å². The van der Waals surface area contributed by atoms with Gasteiger partial charge < -0.3 is 26.0 Å². The number of amides is 3. The van der Waals surface area contributed by atoms with Crippen molar-refractivity contribution in [1.29, 1.82) is 0 Å². The van der Waals surface area contributed by atoms with Gasteiger partial charge in [0.05, 0.1) is 6.10 Å². The number of hydrogen-bond donors (Lipinski definition) is 6. The summed E-state index contributed by atoms with van der Waals surface area (Å²) in [6.07, 6.45) is 0.917. The molecular formula is C18H22N4O4S. The highest BCUT2D eigenvalue weighted by atomic mass is 32.1. The monoisotopic (exact) mass is 390 g/mol. The Morgan fingerprint density at radius 1 is 1.04 bits per heavy atom. The molecule has 3 rings (SSSR count). The summed E-state index contributed by atoms with van der Waals surface area (Å²) in [5, 5.41) is 18.6. The SMILES string of the molecule is C[C@@H](O)[C@@H]1NC(=O)[C@H](Cc2c[nH]c3ccccc23)NC(=O)[C@H](CS)NC1=O. The number of hydrogen-bond acceptors (Lipinski definition) is 5. The van der Waals surface area contributed by atoms with Crippen LogP contribution in [0.25, 0.3) is 10.9 Å². The van der Waals surface area contributed by atoms with Crippen LogP contribution in [-0.2, 0) is 20.8 Å². The van der Waals surface area contributed by atoms with Gasteiger partial charge in [0.2, 0.25) is 17.7 Å². The summed E-state index contributed by atoms with van der Waals surface area (Å²) in [5.74, 6) is -1.59. The van der Waals surface area contributed by atoms with Gasteiger partial charge in [-0.2, -0.15) is 12.6 Å². The molecule has 144 valence electrons. The fourth-order valence-electron chi connectivity index (χ4n) is 3.12. The molecule has 1 saturated heterocycles. The maximum absolute atomic E-state index is 12.7. The molecule has 4 atom stereocenters. The molecule has 1 aliphatic rings. The van der Waals surface area contributed by atoms with Crippen LogP contribution < -0.4 is 16.0 Å². The van der Waals surface area contributed by atoms with E-state index >= 15 is 0 Å². The Balaban J connectivity index is 1.91. The zero-order valence-corrected chi connectivity index (χ0v) is 15.6. The molecular weight excluding hydrogens is 368 g/mol. The molecule has 2 heterocycles. The number of aliphatic hydroxyl groups excluding tert-OH is 1. The van der Waals surface area contributed by atoms with E-state index in [1.54, 1.807) is 6.20 Å². The highest BCUT2D eigenvalue weighted by molar-refractivity contribution is 7.80. The van der Waals surface area contributed by atoms with E-state index in [1.807, 2.05) is 24.3 Å². The van der Waals surface area contributed by atoms with E-state index in [0.29, 0.717) is 0 Å². The van der Waals surface area contributed by atoms with Crippen molar-refractivity contribution in [2.24, 2.45) is 0 Å². The third kappa shape index (κ3) is 4.09. The van der Waals surface area contributed by atoms with E-state index in [-0.39, 0.29) is 12.2 Å². The van der Waals surface area contributed by atoms with Gasteiger partial charge in [0, 0.05) is 29.3 Å². The van der Waals surface area contributed by atoms with Gasteiger partial charge in [-0.3, -0.25) is 14.4 Å². The number of nitrogens with one attached hydrogen (secondary N) is 4. The number of aromatic nitrogens is 1. The van der Waals surface area contributed by atoms with Gasteiger partial charge in [0.1, 0.15) is 18.1 Å².